The van der Waals surface area contributed by atoms with E-state index in [0.717, 1.165) is 13.0 Å². The molecule has 1 rings (SSSR count). The molecule has 0 bridgehead atoms. The van der Waals surface area contributed by atoms with Crippen LogP contribution in [-0.4, -0.2) is 0 Å². The van der Waals surface area contributed by atoms with Crippen molar-refractivity contribution in [3.63, 3.8) is 0 Å². The quantitative estimate of drug-likeness (QED) is 0.640. The summed E-state index contributed by atoms with van der Waals surface area (Å²) in [6.45, 7) is 2.90. The Labute approximate surface area is 80.4 Å². The molecule has 1 aromatic carbocycles. The second-order valence-corrected chi connectivity index (χ2v) is 4.04. The van der Waals surface area contributed by atoms with Crippen LogP contribution in [0.15, 0.2) is 24.3 Å². The van der Waals surface area contributed by atoms with Gasteiger partial charge in [0, 0.05) is 6.54 Å². The minimum absolute atomic E-state index is 0.753. The van der Waals surface area contributed by atoms with E-state index in [2.05, 4.69) is 36.3 Å². The van der Waals surface area contributed by atoms with Gasteiger partial charge in [-0.25, -0.2) is 0 Å². The SMILES string of the molecule is CCc1ccc(CNP(N)N)cc1. The average Bonchev–Trinajstić information content (AvgIpc) is 2.15. The zero-order valence-corrected chi connectivity index (χ0v) is 8.72. The van der Waals surface area contributed by atoms with E-state index in [1.54, 1.807) is 0 Å². The third-order valence-corrected chi connectivity index (χ3v) is 2.42. The minimum Gasteiger partial charge on any atom is -0.285 e. The maximum absolute atomic E-state index is 5.43. The largest absolute Gasteiger partial charge is 0.285 e. The molecule has 0 saturated carbocycles. The summed E-state index contributed by atoms with van der Waals surface area (Å²) >= 11 is 0. The second kappa shape index (κ2) is 5.30. The summed E-state index contributed by atoms with van der Waals surface area (Å²) in [5.41, 5.74) is 13.4. The van der Waals surface area contributed by atoms with Gasteiger partial charge in [-0.1, -0.05) is 31.2 Å². The van der Waals surface area contributed by atoms with Gasteiger partial charge in [0.1, 0.15) is 8.37 Å². The van der Waals surface area contributed by atoms with Gasteiger partial charge in [-0.3, -0.25) is 16.1 Å². The fourth-order valence-electron chi connectivity index (χ4n) is 1.08. The number of aryl methyl sites for hydroxylation is 1. The first-order chi connectivity index (χ1) is 6.22. The van der Waals surface area contributed by atoms with Crippen LogP contribution in [0.4, 0.5) is 0 Å². The molecule has 5 N–H and O–H groups in total. The maximum Gasteiger partial charge on any atom is 0.106 e. The van der Waals surface area contributed by atoms with Crippen molar-refractivity contribution < 1.29 is 0 Å². The molecule has 0 saturated heterocycles. The average molecular weight is 197 g/mol. The van der Waals surface area contributed by atoms with E-state index in [-0.39, 0.29) is 0 Å². The van der Waals surface area contributed by atoms with Gasteiger partial charge in [0.2, 0.25) is 0 Å². The van der Waals surface area contributed by atoms with Gasteiger partial charge in [-0.2, -0.15) is 0 Å². The van der Waals surface area contributed by atoms with Crippen molar-refractivity contribution >= 4 is 8.37 Å². The van der Waals surface area contributed by atoms with Crippen molar-refractivity contribution in [1.82, 2.24) is 5.09 Å². The van der Waals surface area contributed by atoms with Gasteiger partial charge in [0.15, 0.2) is 0 Å². The lowest BCUT2D eigenvalue weighted by molar-refractivity contribution is 0.952. The highest BCUT2D eigenvalue weighted by Crippen LogP contribution is 2.09. The molecule has 0 aliphatic carbocycles. The molecule has 13 heavy (non-hydrogen) atoms. The van der Waals surface area contributed by atoms with Gasteiger partial charge >= 0.3 is 0 Å². The highest BCUT2D eigenvalue weighted by atomic mass is 31.1. The minimum atomic E-state index is -0.985. The third-order valence-electron chi connectivity index (χ3n) is 1.90. The Hall–Kier alpha value is -0.470. The standard InChI is InChI=1S/C9H16N3P/c1-2-8-3-5-9(6-4-8)7-12-13(10)11/h3-6,12H,2,7,10-11H2,1H3. The number of nitrogens with one attached hydrogen (secondary N) is 1. The first-order valence-electron chi connectivity index (χ1n) is 4.33. The summed E-state index contributed by atoms with van der Waals surface area (Å²) in [5.74, 6) is 0. The lowest BCUT2D eigenvalue weighted by atomic mass is 10.1. The molecule has 0 spiro atoms. The fraction of sp³-hybridized carbons (Fsp3) is 0.333. The molecule has 72 valence electrons. The Kier molecular flexibility index (Phi) is 4.33. The van der Waals surface area contributed by atoms with Crippen molar-refractivity contribution in [3.8, 4) is 0 Å². The van der Waals surface area contributed by atoms with Crippen LogP contribution in [0, 0.1) is 0 Å². The van der Waals surface area contributed by atoms with Gasteiger partial charge in [0.25, 0.3) is 0 Å². The van der Waals surface area contributed by atoms with E-state index < -0.39 is 8.37 Å². The van der Waals surface area contributed by atoms with Crippen molar-refractivity contribution in [3.05, 3.63) is 35.4 Å². The molecule has 0 unspecified atom stereocenters. The number of nitrogens with two attached hydrogens (primary N) is 2. The Bertz CT molecular complexity index is 246. The summed E-state index contributed by atoms with van der Waals surface area (Å²) in [5, 5.41) is 3.02. The van der Waals surface area contributed by atoms with Crippen molar-refractivity contribution in [2.75, 3.05) is 0 Å². The molecule has 0 heterocycles. The second-order valence-electron chi connectivity index (χ2n) is 2.91. The molecule has 0 aliphatic rings. The molecule has 0 amide bonds. The number of benzene rings is 1. The predicted octanol–water partition coefficient (Wildman–Crippen LogP) is 1.48. The van der Waals surface area contributed by atoms with Gasteiger partial charge in [-0.15, -0.1) is 0 Å². The van der Waals surface area contributed by atoms with Crippen LogP contribution in [0.5, 0.6) is 0 Å². The van der Waals surface area contributed by atoms with Crippen LogP contribution < -0.4 is 16.1 Å². The highest BCUT2D eigenvalue weighted by Gasteiger charge is 1.95. The van der Waals surface area contributed by atoms with E-state index in [9.17, 15) is 0 Å². The summed E-state index contributed by atoms with van der Waals surface area (Å²) in [6.07, 6.45) is 1.08. The lowest BCUT2D eigenvalue weighted by Crippen LogP contribution is -2.16. The van der Waals surface area contributed by atoms with Gasteiger partial charge in [-0.05, 0) is 17.5 Å². The molecular formula is C9H16N3P. The Morgan fingerprint density at radius 1 is 1.15 bits per heavy atom. The molecule has 0 atom stereocenters. The fourth-order valence-corrected chi connectivity index (χ4v) is 1.44. The summed E-state index contributed by atoms with van der Waals surface area (Å²) in [7, 11) is -0.985. The van der Waals surface area contributed by atoms with E-state index in [1.165, 1.54) is 11.1 Å². The van der Waals surface area contributed by atoms with Crippen molar-refractivity contribution in [2.45, 2.75) is 19.9 Å². The summed E-state index contributed by atoms with van der Waals surface area (Å²) < 4.78 is 0. The smallest absolute Gasteiger partial charge is 0.106 e. The van der Waals surface area contributed by atoms with Gasteiger partial charge in [0.05, 0.1) is 0 Å². The molecule has 3 nitrogen and oxygen atoms in total. The highest BCUT2D eigenvalue weighted by molar-refractivity contribution is 7.50. The Morgan fingerprint density at radius 3 is 2.15 bits per heavy atom. The normalized spacial score (nSPS) is 10.8. The molecule has 4 heteroatoms. The number of hydrogen-bond acceptors (Lipinski definition) is 3. The monoisotopic (exact) mass is 197 g/mol. The topological polar surface area (TPSA) is 64.1 Å². The molecular weight excluding hydrogens is 181 g/mol. The zero-order chi connectivity index (χ0) is 9.68. The summed E-state index contributed by atoms with van der Waals surface area (Å²) in [6, 6.07) is 8.47. The molecule has 1 aromatic rings. The molecule has 0 radical (unpaired) electrons. The molecule has 0 aliphatic heterocycles. The lowest BCUT2D eigenvalue weighted by Gasteiger charge is -2.07. The van der Waals surface area contributed by atoms with E-state index in [0.29, 0.717) is 0 Å². The number of hydrogen-bond donors (Lipinski definition) is 3. The maximum atomic E-state index is 5.43. The van der Waals surface area contributed by atoms with E-state index >= 15 is 0 Å². The molecule has 0 aromatic heterocycles. The van der Waals surface area contributed by atoms with Crippen LogP contribution in [-0.2, 0) is 13.0 Å². The van der Waals surface area contributed by atoms with Crippen molar-refractivity contribution in [1.29, 1.82) is 0 Å². The van der Waals surface area contributed by atoms with Crippen LogP contribution in [0.3, 0.4) is 0 Å². The van der Waals surface area contributed by atoms with Crippen LogP contribution in [0.2, 0.25) is 0 Å². The Morgan fingerprint density at radius 2 is 1.69 bits per heavy atom. The summed E-state index contributed by atoms with van der Waals surface area (Å²) in [4.78, 5) is 0. The first kappa shape index (κ1) is 10.6. The van der Waals surface area contributed by atoms with Gasteiger partial charge < -0.3 is 0 Å². The van der Waals surface area contributed by atoms with Crippen LogP contribution in [0.25, 0.3) is 0 Å². The van der Waals surface area contributed by atoms with Crippen LogP contribution in [0.1, 0.15) is 18.1 Å². The van der Waals surface area contributed by atoms with Crippen molar-refractivity contribution in [2.24, 2.45) is 11.0 Å². The Balaban J connectivity index is 2.49. The predicted molar refractivity (Wildman–Crippen MR) is 58.0 cm³/mol. The third kappa shape index (κ3) is 3.83. The zero-order valence-electron chi connectivity index (χ0n) is 7.83. The molecule has 0 fully saturated rings. The number of rotatable bonds is 4. The van der Waals surface area contributed by atoms with E-state index in [1.807, 2.05) is 0 Å². The van der Waals surface area contributed by atoms with Crippen LogP contribution >= 0.6 is 8.37 Å². The first-order valence-corrected chi connectivity index (χ1v) is 5.81. The van der Waals surface area contributed by atoms with E-state index in [4.69, 9.17) is 11.0 Å².